The lowest BCUT2D eigenvalue weighted by Gasteiger charge is -2.14. The summed E-state index contributed by atoms with van der Waals surface area (Å²) < 4.78 is 7.64. The molecule has 0 radical (unpaired) electrons. The Morgan fingerprint density at radius 3 is 2.85 bits per heavy atom. The number of aliphatic imine (C=N–C) groups is 1. The molecule has 6 nitrogen and oxygen atoms in total. The number of hydrogen-bond acceptors (Lipinski definition) is 3. The molecule has 0 saturated heterocycles. The van der Waals surface area contributed by atoms with Crippen molar-refractivity contribution in [1.29, 1.82) is 0 Å². The second kappa shape index (κ2) is 9.07. The minimum atomic E-state index is 0.662. The summed E-state index contributed by atoms with van der Waals surface area (Å²) in [4.78, 5) is 8.72. The van der Waals surface area contributed by atoms with Gasteiger partial charge in [0.2, 0.25) is 0 Å². The first kappa shape index (κ1) is 18.8. The molecule has 0 amide bonds. The number of nitrogens with zero attached hydrogens (tertiary/aromatic N) is 3. The third kappa shape index (κ3) is 4.78. The third-order valence-corrected chi connectivity index (χ3v) is 4.51. The number of para-hydroxylation sites is 2. The second-order valence-electron chi connectivity index (χ2n) is 6.45. The predicted octanol–water partition coefficient (Wildman–Crippen LogP) is 3.11. The number of methoxy groups -OCH3 is 1. The highest BCUT2D eigenvalue weighted by molar-refractivity contribution is 5.79. The van der Waals surface area contributed by atoms with Gasteiger partial charge in [-0.25, -0.2) is 4.98 Å². The summed E-state index contributed by atoms with van der Waals surface area (Å²) in [5, 5.41) is 6.71. The van der Waals surface area contributed by atoms with Crippen molar-refractivity contribution in [3.8, 4) is 5.75 Å². The number of hydrogen-bond donors (Lipinski definition) is 2. The number of ether oxygens (including phenoxy) is 1. The van der Waals surface area contributed by atoms with Crippen LogP contribution in [0.1, 0.15) is 17.5 Å². The maximum Gasteiger partial charge on any atom is 0.191 e. The largest absolute Gasteiger partial charge is 0.496 e. The Hall–Kier alpha value is -3.02. The molecule has 0 fully saturated rings. The number of guanidine groups is 1. The molecule has 1 aromatic heterocycles. The van der Waals surface area contributed by atoms with Crippen molar-refractivity contribution in [3.05, 3.63) is 59.9 Å². The number of aromatic nitrogens is 2. The fourth-order valence-corrected chi connectivity index (χ4v) is 3.04. The summed E-state index contributed by atoms with van der Waals surface area (Å²) in [5.74, 6) is 1.68. The molecule has 2 aromatic carbocycles. The van der Waals surface area contributed by atoms with Crippen molar-refractivity contribution in [2.75, 3.05) is 20.7 Å². The van der Waals surface area contributed by atoms with Crippen molar-refractivity contribution in [2.45, 2.75) is 26.4 Å². The van der Waals surface area contributed by atoms with Crippen molar-refractivity contribution in [2.24, 2.45) is 4.99 Å². The van der Waals surface area contributed by atoms with E-state index in [1.807, 2.05) is 30.6 Å². The van der Waals surface area contributed by atoms with Gasteiger partial charge >= 0.3 is 0 Å². The fourth-order valence-electron chi connectivity index (χ4n) is 3.04. The van der Waals surface area contributed by atoms with Crippen LogP contribution < -0.4 is 15.4 Å². The minimum Gasteiger partial charge on any atom is -0.496 e. The summed E-state index contributed by atoms with van der Waals surface area (Å²) in [6.45, 7) is 4.46. The number of imidazole rings is 1. The Morgan fingerprint density at radius 2 is 2.04 bits per heavy atom. The Labute approximate surface area is 160 Å². The molecule has 0 aliphatic heterocycles. The highest BCUT2D eigenvalue weighted by Crippen LogP contribution is 2.19. The van der Waals surface area contributed by atoms with Gasteiger partial charge in [-0.1, -0.05) is 24.3 Å². The molecule has 1 heterocycles. The zero-order chi connectivity index (χ0) is 19.1. The van der Waals surface area contributed by atoms with Crippen LogP contribution in [-0.4, -0.2) is 36.2 Å². The van der Waals surface area contributed by atoms with Crippen LogP contribution in [0, 0.1) is 6.92 Å². The molecule has 0 aliphatic rings. The van der Waals surface area contributed by atoms with E-state index < -0.39 is 0 Å². The summed E-state index contributed by atoms with van der Waals surface area (Å²) in [5.41, 5.74) is 4.50. The van der Waals surface area contributed by atoms with Crippen molar-refractivity contribution in [1.82, 2.24) is 20.2 Å². The zero-order valence-electron chi connectivity index (χ0n) is 16.2. The van der Waals surface area contributed by atoms with E-state index in [1.165, 1.54) is 11.1 Å². The quantitative estimate of drug-likeness (QED) is 0.384. The Morgan fingerprint density at radius 1 is 1.19 bits per heavy atom. The van der Waals surface area contributed by atoms with Gasteiger partial charge in [0.25, 0.3) is 0 Å². The van der Waals surface area contributed by atoms with Gasteiger partial charge < -0.3 is 19.9 Å². The lowest BCUT2D eigenvalue weighted by atomic mass is 10.1. The maximum absolute atomic E-state index is 5.46. The Kier molecular flexibility index (Phi) is 6.30. The predicted molar refractivity (Wildman–Crippen MR) is 110 cm³/mol. The molecular formula is C21H27N5O. The molecule has 0 saturated carbocycles. The van der Waals surface area contributed by atoms with Crippen molar-refractivity contribution in [3.63, 3.8) is 0 Å². The van der Waals surface area contributed by atoms with Crippen LogP contribution in [0.4, 0.5) is 0 Å². The van der Waals surface area contributed by atoms with Gasteiger partial charge in [-0.2, -0.15) is 0 Å². The smallest absolute Gasteiger partial charge is 0.191 e. The maximum atomic E-state index is 5.46. The van der Waals surface area contributed by atoms with Crippen molar-refractivity contribution >= 4 is 17.0 Å². The van der Waals surface area contributed by atoms with Gasteiger partial charge in [0.1, 0.15) is 5.75 Å². The van der Waals surface area contributed by atoms with Crippen LogP contribution in [-0.2, 0) is 13.1 Å². The Balaban J connectivity index is 1.47. The van der Waals surface area contributed by atoms with E-state index in [1.54, 1.807) is 14.2 Å². The van der Waals surface area contributed by atoms with E-state index >= 15 is 0 Å². The van der Waals surface area contributed by atoms with Crippen LogP contribution in [0.5, 0.6) is 5.75 Å². The first-order valence-corrected chi connectivity index (χ1v) is 9.19. The topological polar surface area (TPSA) is 63.5 Å². The van der Waals surface area contributed by atoms with Crippen LogP contribution >= 0.6 is 0 Å². The van der Waals surface area contributed by atoms with E-state index in [0.29, 0.717) is 6.54 Å². The van der Waals surface area contributed by atoms with Gasteiger partial charge in [0, 0.05) is 32.2 Å². The van der Waals surface area contributed by atoms with Gasteiger partial charge in [-0.15, -0.1) is 0 Å². The van der Waals surface area contributed by atoms with E-state index in [-0.39, 0.29) is 0 Å². The number of rotatable bonds is 7. The molecule has 6 heteroatoms. The molecule has 0 unspecified atom stereocenters. The third-order valence-electron chi connectivity index (χ3n) is 4.51. The average molecular weight is 365 g/mol. The average Bonchev–Trinajstić information content (AvgIpc) is 3.11. The van der Waals surface area contributed by atoms with Crippen molar-refractivity contribution < 1.29 is 4.74 Å². The van der Waals surface area contributed by atoms with Gasteiger partial charge in [0.15, 0.2) is 5.96 Å². The molecule has 0 bridgehead atoms. The summed E-state index contributed by atoms with van der Waals surface area (Å²) >= 11 is 0. The zero-order valence-corrected chi connectivity index (χ0v) is 16.2. The molecular weight excluding hydrogens is 338 g/mol. The summed E-state index contributed by atoms with van der Waals surface area (Å²) in [7, 11) is 3.48. The van der Waals surface area contributed by atoms with Crippen LogP contribution in [0.25, 0.3) is 11.0 Å². The summed E-state index contributed by atoms with van der Waals surface area (Å²) in [6, 6.07) is 14.4. The number of aryl methyl sites for hydroxylation is 2. The van der Waals surface area contributed by atoms with Gasteiger partial charge in [-0.3, -0.25) is 4.99 Å². The number of benzene rings is 2. The van der Waals surface area contributed by atoms with Gasteiger partial charge in [-0.05, 0) is 37.1 Å². The van der Waals surface area contributed by atoms with E-state index in [4.69, 9.17) is 4.74 Å². The number of fused-ring (bicyclic) bond motifs is 1. The molecule has 0 aliphatic carbocycles. The molecule has 0 atom stereocenters. The second-order valence-corrected chi connectivity index (χ2v) is 6.45. The lowest BCUT2D eigenvalue weighted by Crippen LogP contribution is -2.37. The summed E-state index contributed by atoms with van der Waals surface area (Å²) in [6.07, 6.45) is 2.89. The van der Waals surface area contributed by atoms with E-state index in [0.717, 1.165) is 42.3 Å². The Bertz CT molecular complexity index is 916. The van der Waals surface area contributed by atoms with Crippen LogP contribution in [0.3, 0.4) is 0 Å². The highest BCUT2D eigenvalue weighted by Gasteiger charge is 2.05. The highest BCUT2D eigenvalue weighted by atomic mass is 16.5. The minimum absolute atomic E-state index is 0.662. The normalized spacial score (nSPS) is 11.6. The number of nitrogens with one attached hydrogen (secondary N) is 2. The van der Waals surface area contributed by atoms with Crippen LogP contribution in [0.15, 0.2) is 53.8 Å². The molecule has 0 spiro atoms. The first-order chi connectivity index (χ1) is 13.2. The monoisotopic (exact) mass is 365 g/mol. The molecule has 2 N–H and O–H groups in total. The molecule has 3 rings (SSSR count). The lowest BCUT2D eigenvalue weighted by molar-refractivity contribution is 0.408. The van der Waals surface area contributed by atoms with Gasteiger partial charge in [0.05, 0.1) is 24.5 Å². The molecule has 27 heavy (non-hydrogen) atoms. The van der Waals surface area contributed by atoms with E-state index in [9.17, 15) is 0 Å². The molecule has 142 valence electrons. The van der Waals surface area contributed by atoms with E-state index in [2.05, 4.69) is 50.3 Å². The molecule has 3 aromatic rings. The first-order valence-electron chi connectivity index (χ1n) is 9.19. The fraction of sp³-hybridized carbons (Fsp3) is 0.333. The van der Waals surface area contributed by atoms with Crippen LogP contribution in [0.2, 0.25) is 0 Å². The standard InChI is InChI=1S/C21H27N5O/c1-16-9-10-17(20(13-16)27-3)14-24-21(22-2)23-11-6-12-26-15-25-18-7-4-5-8-19(18)26/h4-5,7-10,13,15H,6,11-12,14H2,1-3H3,(H2,22,23,24). The SMILES string of the molecule is CN=C(NCCCn1cnc2ccccc21)NCc1ccc(C)cc1OC.